The summed E-state index contributed by atoms with van der Waals surface area (Å²) in [6, 6.07) is 4.61. The van der Waals surface area contributed by atoms with Gasteiger partial charge in [0.2, 0.25) is 9.84 Å². The molecule has 0 saturated carbocycles. The molecule has 31 heavy (non-hydrogen) atoms. The predicted molar refractivity (Wildman–Crippen MR) is 125 cm³/mol. The van der Waals surface area contributed by atoms with Gasteiger partial charge in [-0.3, -0.25) is 5.41 Å². The van der Waals surface area contributed by atoms with E-state index in [1.165, 1.54) is 29.2 Å². The Kier molecular flexibility index (Phi) is 5.75. The first kappa shape index (κ1) is 22.1. The number of nitrogens with two attached hydrogens (primary N) is 1. The van der Waals surface area contributed by atoms with Crippen LogP contribution in [0.15, 0.2) is 47.5 Å². The van der Waals surface area contributed by atoms with Gasteiger partial charge < -0.3 is 14.8 Å². The zero-order chi connectivity index (χ0) is 22.5. The lowest BCUT2D eigenvalue weighted by Gasteiger charge is -2.09. The number of fused-ring (bicyclic) bond motifs is 1. The number of imidazole rings is 1. The third kappa shape index (κ3) is 3.81. The van der Waals surface area contributed by atoms with Crippen molar-refractivity contribution >= 4 is 65.7 Å². The van der Waals surface area contributed by atoms with E-state index in [0.717, 1.165) is 22.5 Å². The number of thiophene rings is 1. The molecule has 0 saturated heterocycles. The number of hydrogen-bond acceptors (Lipinski definition) is 8. The second-order valence-corrected chi connectivity index (χ2v) is 11.7. The number of thioether (sulfide) groups is 1. The minimum atomic E-state index is -3.83. The molecule has 0 radical (unpaired) electrons. The second-order valence-electron chi connectivity index (χ2n) is 6.83. The number of halogens is 1. The molecule has 3 aromatic heterocycles. The largest absolute Gasteiger partial charge is 0.383 e. The molecule has 0 atom stereocenters. The summed E-state index contributed by atoms with van der Waals surface area (Å²) in [5, 5.41) is 11.6. The minimum absolute atomic E-state index is 0.123. The predicted octanol–water partition coefficient (Wildman–Crippen LogP) is 4.35. The van der Waals surface area contributed by atoms with E-state index < -0.39 is 9.84 Å². The first-order chi connectivity index (χ1) is 14.6. The Bertz CT molecular complexity index is 1420. The average Bonchev–Trinajstić information content (AvgIpc) is 3.41. The third-order valence-electron chi connectivity index (χ3n) is 4.87. The molecule has 0 unspecified atom stereocenters. The topological polar surface area (TPSA) is 128 Å². The van der Waals surface area contributed by atoms with Crippen LogP contribution in [0.25, 0.3) is 11.0 Å². The number of amidine groups is 1. The molecule has 0 bridgehead atoms. The van der Waals surface area contributed by atoms with Gasteiger partial charge >= 0.3 is 0 Å². The van der Waals surface area contributed by atoms with Gasteiger partial charge in [0, 0.05) is 10.0 Å². The monoisotopic (exact) mass is 539 g/mol. The number of hydrogen-bond donors (Lipinski definition) is 2. The Morgan fingerprint density at radius 3 is 2.71 bits per heavy atom. The molecular formula is C19H18BrN5O3S3. The van der Waals surface area contributed by atoms with Crippen molar-refractivity contribution in [3.8, 4) is 0 Å². The van der Waals surface area contributed by atoms with Gasteiger partial charge in [0.1, 0.15) is 11.6 Å². The summed E-state index contributed by atoms with van der Waals surface area (Å²) < 4.78 is 35.2. The Labute approximate surface area is 195 Å². The number of nitrogen functional groups attached to an aromatic ring is 1. The molecule has 0 fully saturated rings. The molecule has 4 aromatic rings. The van der Waals surface area contributed by atoms with Crippen molar-refractivity contribution in [2.45, 2.75) is 34.4 Å². The fourth-order valence-corrected chi connectivity index (χ4v) is 7.98. The molecule has 0 spiro atoms. The smallest absolute Gasteiger partial charge is 0.208 e. The lowest BCUT2D eigenvalue weighted by atomic mass is 10.2. The van der Waals surface area contributed by atoms with E-state index in [1.807, 2.05) is 18.4 Å². The van der Waals surface area contributed by atoms with Gasteiger partial charge in [-0.05, 0) is 54.2 Å². The molecule has 3 N–H and O–H groups in total. The number of benzene rings is 1. The lowest BCUT2D eigenvalue weighted by molar-refractivity contribution is 0.392. The van der Waals surface area contributed by atoms with E-state index in [0.29, 0.717) is 25.6 Å². The number of sulfone groups is 1. The van der Waals surface area contributed by atoms with Crippen molar-refractivity contribution in [1.82, 2.24) is 14.7 Å². The summed E-state index contributed by atoms with van der Waals surface area (Å²) in [6.45, 7) is 4.24. The van der Waals surface area contributed by atoms with Crippen molar-refractivity contribution < 1.29 is 12.9 Å². The van der Waals surface area contributed by atoms with Crippen LogP contribution in [-0.4, -0.2) is 35.2 Å². The molecule has 0 aliphatic rings. The summed E-state index contributed by atoms with van der Waals surface area (Å²) >= 11 is 6.03. The molecule has 162 valence electrons. The summed E-state index contributed by atoms with van der Waals surface area (Å²) in [7, 11) is -3.83. The van der Waals surface area contributed by atoms with Crippen LogP contribution in [0, 0.1) is 19.3 Å². The number of nitrogens with one attached hydrogen (secondary N) is 1. The molecule has 0 aliphatic heterocycles. The van der Waals surface area contributed by atoms with Gasteiger partial charge in [0.25, 0.3) is 0 Å². The fraction of sp³-hybridized carbons (Fsp3) is 0.211. The summed E-state index contributed by atoms with van der Waals surface area (Å²) in [5.41, 5.74) is 8.66. The minimum Gasteiger partial charge on any atom is -0.383 e. The zero-order valence-electron chi connectivity index (χ0n) is 16.8. The van der Waals surface area contributed by atoms with Gasteiger partial charge in [0.15, 0.2) is 0 Å². The molecule has 0 aliphatic carbocycles. The number of rotatable bonds is 6. The molecule has 4 rings (SSSR count). The highest BCUT2D eigenvalue weighted by atomic mass is 79.9. The molecule has 3 heterocycles. The second kappa shape index (κ2) is 8.08. The van der Waals surface area contributed by atoms with Crippen LogP contribution in [0.4, 0.5) is 0 Å². The first-order valence-electron chi connectivity index (χ1n) is 8.97. The van der Waals surface area contributed by atoms with E-state index in [9.17, 15) is 8.42 Å². The SMILES string of the molecule is CSc1sc(C(=N)N)cc1S(=O)(=O)c1cc(Br)c2c(c1)ncn2Cc1c(C)noc1C. The quantitative estimate of drug-likeness (QED) is 0.211. The number of nitrogens with zero attached hydrogens (tertiary/aromatic N) is 3. The normalized spacial score (nSPS) is 12.0. The molecule has 1 aromatic carbocycles. The number of aromatic nitrogens is 3. The summed E-state index contributed by atoms with van der Waals surface area (Å²) in [5.74, 6) is 0.578. The highest BCUT2D eigenvalue weighted by molar-refractivity contribution is 9.10. The lowest BCUT2D eigenvalue weighted by Crippen LogP contribution is -2.09. The molecule has 0 amide bonds. The Morgan fingerprint density at radius 2 is 2.10 bits per heavy atom. The van der Waals surface area contributed by atoms with Crippen LogP contribution in [0.3, 0.4) is 0 Å². The van der Waals surface area contributed by atoms with Gasteiger partial charge in [-0.2, -0.15) is 0 Å². The highest BCUT2D eigenvalue weighted by Crippen LogP contribution is 2.38. The van der Waals surface area contributed by atoms with E-state index in [-0.39, 0.29) is 15.6 Å². The van der Waals surface area contributed by atoms with Crippen molar-refractivity contribution in [2.24, 2.45) is 5.73 Å². The zero-order valence-corrected chi connectivity index (χ0v) is 20.8. The maximum Gasteiger partial charge on any atom is 0.208 e. The third-order valence-corrected chi connectivity index (χ3v) is 9.79. The Balaban J connectivity index is 1.81. The Morgan fingerprint density at radius 1 is 1.35 bits per heavy atom. The van der Waals surface area contributed by atoms with Crippen LogP contribution in [0.5, 0.6) is 0 Å². The summed E-state index contributed by atoms with van der Waals surface area (Å²) in [6.07, 6.45) is 3.47. The maximum atomic E-state index is 13.4. The van der Waals surface area contributed by atoms with Gasteiger partial charge in [0.05, 0.1) is 48.5 Å². The standard InChI is InChI=1S/C19H18BrN5O3S3/c1-9-12(10(2)28-24-9)7-25-8-23-14-5-11(4-13(20)17(14)25)31(26,27)16-6-15(18(21)22)30-19(16)29-3/h4-6,8H,7H2,1-3H3,(H3,21,22). The highest BCUT2D eigenvalue weighted by Gasteiger charge is 2.26. The van der Waals surface area contributed by atoms with Crippen molar-refractivity contribution in [3.63, 3.8) is 0 Å². The number of aryl methyl sites for hydroxylation is 2. The maximum absolute atomic E-state index is 13.4. The average molecular weight is 540 g/mol. The molecule has 12 heteroatoms. The van der Waals surface area contributed by atoms with Crippen LogP contribution >= 0.6 is 39.0 Å². The van der Waals surface area contributed by atoms with E-state index >= 15 is 0 Å². The van der Waals surface area contributed by atoms with Gasteiger partial charge in [-0.25, -0.2) is 13.4 Å². The van der Waals surface area contributed by atoms with E-state index in [2.05, 4.69) is 26.1 Å². The summed E-state index contributed by atoms with van der Waals surface area (Å²) in [4.78, 5) is 5.12. The van der Waals surface area contributed by atoms with Crippen LogP contribution in [-0.2, 0) is 16.4 Å². The van der Waals surface area contributed by atoms with Crippen LogP contribution in [0.1, 0.15) is 21.9 Å². The van der Waals surface area contributed by atoms with Crippen LogP contribution < -0.4 is 5.73 Å². The van der Waals surface area contributed by atoms with E-state index in [1.54, 1.807) is 24.7 Å². The van der Waals surface area contributed by atoms with Gasteiger partial charge in [-0.1, -0.05) is 5.16 Å². The molecule has 8 nitrogen and oxygen atoms in total. The fourth-order valence-electron chi connectivity index (χ4n) is 3.25. The van der Waals surface area contributed by atoms with Crippen molar-refractivity contribution in [1.29, 1.82) is 5.41 Å². The van der Waals surface area contributed by atoms with E-state index in [4.69, 9.17) is 15.7 Å². The van der Waals surface area contributed by atoms with Crippen molar-refractivity contribution in [2.75, 3.05) is 6.26 Å². The molecular weight excluding hydrogens is 522 g/mol. The first-order valence-corrected chi connectivity index (χ1v) is 13.3. The van der Waals surface area contributed by atoms with Crippen LogP contribution in [0.2, 0.25) is 0 Å². The van der Waals surface area contributed by atoms with Gasteiger partial charge in [-0.15, -0.1) is 23.1 Å². The Hall–Kier alpha value is -2.15. The van der Waals surface area contributed by atoms with Crippen molar-refractivity contribution in [3.05, 3.63) is 50.9 Å².